The van der Waals surface area contributed by atoms with Crippen LogP contribution < -0.4 is 5.73 Å². The van der Waals surface area contributed by atoms with Gasteiger partial charge in [-0.15, -0.1) is 0 Å². The molecule has 1 atom stereocenters. The zero-order valence-electron chi connectivity index (χ0n) is 9.47. The molecule has 88 valence electrons. The van der Waals surface area contributed by atoms with Crippen LogP contribution >= 0.6 is 0 Å². The summed E-state index contributed by atoms with van der Waals surface area (Å²) in [4.78, 5) is 6.39. The number of rotatable bonds is 3. The lowest BCUT2D eigenvalue weighted by Gasteiger charge is -2.39. The number of hydrogen-bond acceptors (Lipinski definition) is 4. The molecule has 2 heterocycles. The van der Waals surface area contributed by atoms with Gasteiger partial charge in [0, 0.05) is 25.5 Å². The van der Waals surface area contributed by atoms with Crippen molar-refractivity contribution in [3.8, 4) is 0 Å². The maximum Gasteiger partial charge on any atom is 0.0623 e. The van der Waals surface area contributed by atoms with Gasteiger partial charge in [0.05, 0.1) is 12.1 Å². The van der Waals surface area contributed by atoms with E-state index < -0.39 is 5.54 Å². The first-order valence-corrected chi connectivity index (χ1v) is 5.73. The Labute approximate surface area is 96.1 Å². The number of nitrogens with zero attached hydrogens (tertiary/aromatic N) is 2. The summed E-state index contributed by atoms with van der Waals surface area (Å²) in [6.45, 7) is 2.75. The number of aliphatic hydroxyl groups is 1. The van der Waals surface area contributed by atoms with Crippen molar-refractivity contribution in [1.82, 2.24) is 9.88 Å². The molecule has 3 N–H and O–H groups in total. The molecule has 1 aliphatic heterocycles. The fourth-order valence-corrected chi connectivity index (χ4v) is 2.27. The van der Waals surface area contributed by atoms with Crippen LogP contribution in [0.1, 0.15) is 18.4 Å². The molecule has 0 saturated carbocycles. The number of aromatic nitrogens is 1. The van der Waals surface area contributed by atoms with Gasteiger partial charge in [0.1, 0.15) is 0 Å². The van der Waals surface area contributed by atoms with Gasteiger partial charge in [-0.3, -0.25) is 9.88 Å². The van der Waals surface area contributed by atoms with Crippen LogP contribution in [-0.4, -0.2) is 40.2 Å². The summed E-state index contributed by atoms with van der Waals surface area (Å²) in [6, 6.07) is 4.01. The Morgan fingerprint density at radius 2 is 2.44 bits per heavy atom. The first-order valence-electron chi connectivity index (χ1n) is 5.73. The lowest BCUT2D eigenvalue weighted by atomic mass is 9.91. The number of hydrogen-bond donors (Lipinski definition) is 2. The van der Waals surface area contributed by atoms with Crippen molar-refractivity contribution in [3.63, 3.8) is 0 Å². The first kappa shape index (κ1) is 11.5. The Morgan fingerprint density at radius 3 is 3.12 bits per heavy atom. The topological polar surface area (TPSA) is 62.4 Å². The molecule has 1 fully saturated rings. The third-order valence-electron chi connectivity index (χ3n) is 3.13. The highest BCUT2D eigenvalue weighted by Crippen LogP contribution is 2.19. The van der Waals surface area contributed by atoms with E-state index >= 15 is 0 Å². The van der Waals surface area contributed by atoms with Gasteiger partial charge in [0.15, 0.2) is 0 Å². The summed E-state index contributed by atoms with van der Waals surface area (Å²) in [5.41, 5.74) is 6.88. The molecule has 4 nitrogen and oxygen atoms in total. The van der Waals surface area contributed by atoms with E-state index in [0.717, 1.165) is 32.5 Å². The SMILES string of the molecule is NC1(CO)CCCN(Cc2cccnc2)C1. The van der Waals surface area contributed by atoms with Crippen LogP contribution in [-0.2, 0) is 6.54 Å². The van der Waals surface area contributed by atoms with Crippen molar-refractivity contribution in [2.24, 2.45) is 5.73 Å². The quantitative estimate of drug-likeness (QED) is 0.774. The molecule has 0 bridgehead atoms. The average Bonchev–Trinajstić information content (AvgIpc) is 2.30. The predicted molar refractivity (Wildman–Crippen MR) is 62.8 cm³/mol. The third kappa shape index (κ3) is 2.78. The number of nitrogens with two attached hydrogens (primary N) is 1. The molecule has 0 radical (unpaired) electrons. The molecule has 4 heteroatoms. The molecule has 0 aliphatic carbocycles. The van der Waals surface area contributed by atoms with Crippen LogP contribution in [0.5, 0.6) is 0 Å². The standard InChI is InChI=1S/C12H19N3O/c13-12(10-16)4-2-6-15(9-12)8-11-3-1-5-14-7-11/h1,3,5,7,16H,2,4,6,8-10,13H2. The Balaban J connectivity index is 1.96. The second-order valence-electron chi connectivity index (χ2n) is 4.70. The predicted octanol–water partition coefficient (Wildman–Crippen LogP) is 0.367. The fourth-order valence-electron chi connectivity index (χ4n) is 2.27. The largest absolute Gasteiger partial charge is 0.394 e. The molecule has 1 unspecified atom stereocenters. The molecule has 16 heavy (non-hydrogen) atoms. The highest BCUT2D eigenvalue weighted by Gasteiger charge is 2.30. The Bertz CT molecular complexity index is 330. The van der Waals surface area contributed by atoms with Crippen LogP contribution in [0.25, 0.3) is 0 Å². The third-order valence-corrected chi connectivity index (χ3v) is 3.13. The lowest BCUT2D eigenvalue weighted by molar-refractivity contribution is 0.0901. The molecular formula is C12H19N3O. The summed E-state index contributed by atoms with van der Waals surface area (Å²) in [7, 11) is 0. The first-order chi connectivity index (χ1) is 7.72. The van der Waals surface area contributed by atoms with Gasteiger partial charge < -0.3 is 10.8 Å². The monoisotopic (exact) mass is 221 g/mol. The van der Waals surface area contributed by atoms with Gasteiger partial charge in [0.25, 0.3) is 0 Å². The molecule has 1 aliphatic rings. The van der Waals surface area contributed by atoms with Gasteiger partial charge in [-0.25, -0.2) is 0 Å². The molecule has 1 aromatic heterocycles. The van der Waals surface area contributed by atoms with E-state index in [1.54, 1.807) is 6.20 Å². The molecule has 1 saturated heterocycles. The number of aliphatic hydroxyl groups excluding tert-OH is 1. The van der Waals surface area contributed by atoms with Crippen molar-refractivity contribution in [1.29, 1.82) is 0 Å². The number of piperidine rings is 1. The summed E-state index contributed by atoms with van der Waals surface area (Å²) < 4.78 is 0. The number of likely N-dealkylation sites (tertiary alicyclic amines) is 1. The van der Waals surface area contributed by atoms with E-state index in [-0.39, 0.29) is 6.61 Å². The zero-order chi connectivity index (χ0) is 11.4. The van der Waals surface area contributed by atoms with Crippen molar-refractivity contribution in [2.45, 2.75) is 24.9 Å². The van der Waals surface area contributed by atoms with E-state index in [1.165, 1.54) is 5.56 Å². The number of pyridine rings is 1. The van der Waals surface area contributed by atoms with Crippen LogP contribution in [0.4, 0.5) is 0 Å². The second kappa shape index (κ2) is 4.91. The highest BCUT2D eigenvalue weighted by molar-refractivity contribution is 5.08. The van der Waals surface area contributed by atoms with E-state index in [2.05, 4.69) is 16.0 Å². The lowest BCUT2D eigenvalue weighted by Crippen LogP contribution is -2.56. The van der Waals surface area contributed by atoms with E-state index in [0.29, 0.717) is 0 Å². The van der Waals surface area contributed by atoms with E-state index in [4.69, 9.17) is 5.73 Å². The Hall–Kier alpha value is -0.970. The van der Waals surface area contributed by atoms with Crippen LogP contribution in [0, 0.1) is 0 Å². The Morgan fingerprint density at radius 1 is 1.56 bits per heavy atom. The molecule has 0 aromatic carbocycles. The van der Waals surface area contributed by atoms with Crippen molar-refractivity contribution < 1.29 is 5.11 Å². The van der Waals surface area contributed by atoms with Gasteiger partial charge in [0.2, 0.25) is 0 Å². The molecular weight excluding hydrogens is 202 g/mol. The summed E-state index contributed by atoms with van der Waals surface area (Å²) in [5, 5.41) is 9.27. The van der Waals surface area contributed by atoms with Crippen LogP contribution in [0.2, 0.25) is 0 Å². The van der Waals surface area contributed by atoms with Gasteiger partial charge in [-0.1, -0.05) is 6.07 Å². The average molecular weight is 221 g/mol. The molecule has 0 spiro atoms. The molecule has 1 aromatic rings. The van der Waals surface area contributed by atoms with Crippen molar-refractivity contribution >= 4 is 0 Å². The van der Waals surface area contributed by atoms with Crippen LogP contribution in [0.3, 0.4) is 0 Å². The fraction of sp³-hybridized carbons (Fsp3) is 0.583. The van der Waals surface area contributed by atoms with Gasteiger partial charge in [-0.05, 0) is 31.0 Å². The van der Waals surface area contributed by atoms with E-state index in [1.807, 2.05) is 12.3 Å². The summed E-state index contributed by atoms with van der Waals surface area (Å²) >= 11 is 0. The van der Waals surface area contributed by atoms with Gasteiger partial charge >= 0.3 is 0 Å². The Kier molecular flexibility index (Phi) is 3.53. The maximum absolute atomic E-state index is 9.27. The minimum atomic E-state index is -0.416. The maximum atomic E-state index is 9.27. The molecule has 2 rings (SSSR count). The smallest absolute Gasteiger partial charge is 0.0623 e. The minimum Gasteiger partial charge on any atom is -0.394 e. The van der Waals surface area contributed by atoms with Crippen LogP contribution in [0.15, 0.2) is 24.5 Å². The highest BCUT2D eigenvalue weighted by atomic mass is 16.3. The summed E-state index contributed by atoms with van der Waals surface area (Å²) in [6.07, 6.45) is 5.62. The van der Waals surface area contributed by atoms with Gasteiger partial charge in [-0.2, -0.15) is 0 Å². The second-order valence-corrected chi connectivity index (χ2v) is 4.70. The van der Waals surface area contributed by atoms with Crippen molar-refractivity contribution in [3.05, 3.63) is 30.1 Å². The van der Waals surface area contributed by atoms with E-state index in [9.17, 15) is 5.11 Å². The van der Waals surface area contributed by atoms with Crippen molar-refractivity contribution in [2.75, 3.05) is 19.7 Å². The normalized spacial score (nSPS) is 26.9. The summed E-state index contributed by atoms with van der Waals surface area (Å²) in [5.74, 6) is 0. The zero-order valence-corrected chi connectivity index (χ0v) is 9.47. The minimum absolute atomic E-state index is 0.0660. The molecule has 0 amide bonds.